The van der Waals surface area contributed by atoms with Gasteiger partial charge in [0, 0.05) is 43.5 Å². The highest BCUT2D eigenvalue weighted by Crippen LogP contribution is 2.33. The van der Waals surface area contributed by atoms with Gasteiger partial charge in [-0.25, -0.2) is 0 Å². The van der Waals surface area contributed by atoms with Crippen molar-refractivity contribution < 1.29 is 48.1 Å². The zero-order valence-electron chi connectivity index (χ0n) is 34.1. The number of carbonyl (C=O) groups excluding carboxylic acids is 5. The fourth-order valence-corrected chi connectivity index (χ4v) is 6.78. The van der Waals surface area contributed by atoms with Crippen LogP contribution in [0.1, 0.15) is 107 Å². The maximum Gasteiger partial charge on any atom is 0.241 e. The molecule has 57 heavy (non-hydrogen) atoms. The first-order chi connectivity index (χ1) is 27.2. The Labute approximate surface area is 337 Å². The van der Waals surface area contributed by atoms with Crippen LogP contribution in [0.25, 0.3) is 0 Å². The summed E-state index contributed by atoms with van der Waals surface area (Å²) in [4.78, 5) is 63.7. The van der Waals surface area contributed by atoms with Crippen LogP contribution in [0.4, 0.5) is 5.69 Å². The first-order valence-electron chi connectivity index (χ1n) is 20.1. The van der Waals surface area contributed by atoms with Crippen molar-refractivity contribution in [2.75, 3.05) is 59.4 Å². The number of aliphatic hydroxyl groups excluding tert-OH is 2. The number of nitrogens with zero attached hydrogens (tertiary/aromatic N) is 1. The summed E-state index contributed by atoms with van der Waals surface area (Å²) in [6.45, 7) is 1.09. The van der Waals surface area contributed by atoms with Crippen LogP contribution in [-0.2, 0) is 39.9 Å². The highest BCUT2D eigenvalue weighted by atomic mass is 16.7. The quantitative estimate of drug-likeness (QED) is 0.0424. The van der Waals surface area contributed by atoms with Gasteiger partial charge in [-0.3, -0.25) is 24.0 Å². The van der Waals surface area contributed by atoms with E-state index < -0.39 is 36.2 Å². The number of rotatable bonds is 25. The van der Waals surface area contributed by atoms with Crippen molar-refractivity contribution in [3.8, 4) is 12.3 Å². The van der Waals surface area contributed by atoms with Crippen LogP contribution in [0.15, 0.2) is 48.5 Å². The zero-order chi connectivity index (χ0) is 41.8. The van der Waals surface area contributed by atoms with Gasteiger partial charge in [0.1, 0.15) is 12.6 Å². The molecule has 1 fully saturated rings. The van der Waals surface area contributed by atoms with Gasteiger partial charge in [-0.15, -0.1) is 6.42 Å². The molecule has 1 aliphatic rings. The molecule has 2 aromatic rings. The second-order valence-corrected chi connectivity index (χ2v) is 15.8. The molecule has 13 nitrogen and oxygen atoms in total. The molecule has 1 saturated heterocycles. The Morgan fingerprint density at radius 2 is 1.47 bits per heavy atom. The summed E-state index contributed by atoms with van der Waals surface area (Å²) in [6, 6.07) is 14.6. The number of ether oxygens (including phenoxy) is 2. The number of terminal acetylenes is 1. The van der Waals surface area contributed by atoms with Crippen molar-refractivity contribution in [2.24, 2.45) is 5.41 Å². The topological polar surface area (TPSA) is 180 Å². The predicted molar refractivity (Wildman–Crippen MR) is 217 cm³/mol. The van der Waals surface area contributed by atoms with E-state index in [-0.39, 0.29) is 43.3 Å². The highest BCUT2D eigenvalue weighted by Gasteiger charge is 2.50. The number of quaternary nitrogens is 1. The number of hydrogen-bond acceptors (Lipinski definition) is 9. The molecule has 0 aliphatic carbocycles. The maximum absolute atomic E-state index is 13.5. The molecule has 2 atom stereocenters. The van der Waals surface area contributed by atoms with Gasteiger partial charge >= 0.3 is 0 Å². The van der Waals surface area contributed by atoms with E-state index in [4.69, 9.17) is 21.0 Å². The van der Waals surface area contributed by atoms with Crippen molar-refractivity contribution in [3.63, 3.8) is 0 Å². The smallest absolute Gasteiger partial charge is 0.241 e. The minimum absolute atomic E-state index is 0.0490. The number of unbranched alkanes of at least 4 members (excludes halogenated alkanes) is 4. The number of aryl methyl sites for hydroxylation is 1. The lowest BCUT2D eigenvalue weighted by Gasteiger charge is -2.37. The number of anilines is 1. The fraction of sp³-hybridized carbons (Fsp3) is 0.568. The Bertz CT molecular complexity index is 1640. The second-order valence-electron chi connectivity index (χ2n) is 15.8. The van der Waals surface area contributed by atoms with Gasteiger partial charge < -0.3 is 40.1 Å². The molecule has 0 bridgehead atoms. The first-order valence-corrected chi connectivity index (χ1v) is 20.1. The summed E-state index contributed by atoms with van der Waals surface area (Å²) < 4.78 is 12.3. The van der Waals surface area contributed by atoms with Gasteiger partial charge in [0.15, 0.2) is 23.3 Å². The highest BCUT2D eigenvalue weighted by molar-refractivity contribution is 6.05. The van der Waals surface area contributed by atoms with E-state index >= 15 is 0 Å². The number of amides is 3. The molecule has 0 spiro atoms. The number of carbonyl (C=O) groups is 5. The van der Waals surface area contributed by atoms with E-state index in [9.17, 15) is 29.1 Å². The van der Waals surface area contributed by atoms with Crippen LogP contribution >= 0.6 is 0 Å². The number of nitrogens with one attached hydrogen (secondary N) is 3. The van der Waals surface area contributed by atoms with Gasteiger partial charge in [-0.05, 0) is 68.7 Å². The first kappa shape index (κ1) is 46.9. The molecule has 312 valence electrons. The van der Waals surface area contributed by atoms with Crippen LogP contribution in [0, 0.1) is 17.8 Å². The normalized spacial score (nSPS) is 17.8. The van der Waals surface area contributed by atoms with Crippen LogP contribution < -0.4 is 16.0 Å². The van der Waals surface area contributed by atoms with Crippen molar-refractivity contribution in [2.45, 2.75) is 102 Å². The minimum Gasteiger partial charge on any atom is -0.389 e. The summed E-state index contributed by atoms with van der Waals surface area (Å²) in [7, 11) is 6.03. The standard InChI is InChI=1S/C44H62N4O9/c1-6-27-45-42(54)44(30-56-41(57-31-44)35-23-21-34(22-24-35)32(2)50)43(55)46-28-12-11-16-38(48(3,4)5)39(52)17-13-14-33-19-25-36(26-20-33)47-40(53)18-10-8-7-9-15-37(51)29-49/h1,19-26,32,38,41,49-50H,7-18,27-31H2,2-5H3,(H2-,45,46,47,53,54,55)/p+1/t32?,38-,41?,44?/m0/s1. The van der Waals surface area contributed by atoms with E-state index in [1.165, 1.54) is 0 Å². The lowest BCUT2D eigenvalue weighted by atomic mass is 9.86. The predicted octanol–water partition coefficient (Wildman–Crippen LogP) is 4.31. The Morgan fingerprint density at radius 3 is 2.07 bits per heavy atom. The molecule has 1 heterocycles. The molecule has 0 radical (unpaired) electrons. The fourth-order valence-electron chi connectivity index (χ4n) is 6.78. The van der Waals surface area contributed by atoms with Gasteiger partial charge in [0.05, 0.1) is 47.0 Å². The summed E-state index contributed by atoms with van der Waals surface area (Å²) >= 11 is 0. The minimum atomic E-state index is -1.63. The molecule has 1 aliphatic heterocycles. The van der Waals surface area contributed by atoms with Gasteiger partial charge in [-0.2, -0.15) is 0 Å². The van der Waals surface area contributed by atoms with Crippen molar-refractivity contribution in [1.82, 2.24) is 10.6 Å². The molecule has 0 saturated carbocycles. The third kappa shape index (κ3) is 15.4. The monoisotopic (exact) mass is 791 g/mol. The van der Waals surface area contributed by atoms with Gasteiger partial charge in [-0.1, -0.05) is 55.2 Å². The molecule has 5 N–H and O–H groups in total. The molecular weight excluding hydrogens is 729 g/mol. The number of Topliss-reactive ketones (excluding diaryl/α,β-unsaturated/α-hetero) is 2. The number of likely N-dealkylation sites (N-methyl/N-ethyl adjacent to an activating group) is 1. The van der Waals surface area contributed by atoms with Crippen molar-refractivity contribution >= 4 is 35.0 Å². The number of ketones is 2. The molecule has 1 unspecified atom stereocenters. The van der Waals surface area contributed by atoms with E-state index in [0.29, 0.717) is 61.5 Å². The number of aliphatic hydroxyl groups is 2. The van der Waals surface area contributed by atoms with E-state index in [1.807, 2.05) is 45.4 Å². The summed E-state index contributed by atoms with van der Waals surface area (Å²) in [5.74, 6) is 1.24. The third-order valence-corrected chi connectivity index (χ3v) is 10.3. The SMILES string of the molecule is C#CCNC(=O)C1(C(=O)NCCCC[C@@H](C(=O)CCCc2ccc(NC(=O)CCCCCCC(=O)CO)cc2)[N+](C)(C)C)COC(c2ccc(C(C)O)cc2)OC1. The van der Waals surface area contributed by atoms with Gasteiger partial charge in [0.2, 0.25) is 17.7 Å². The van der Waals surface area contributed by atoms with Crippen LogP contribution in [-0.4, -0.2) is 104 Å². The zero-order valence-corrected chi connectivity index (χ0v) is 34.1. The Hall–Kier alpha value is -4.45. The molecule has 0 aromatic heterocycles. The maximum atomic E-state index is 13.5. The summed E-state index contributed by atoms with van der Waals surface area (Å²) in [5, 5.41) is 27.0. The van der Waals surface area contributed by atoms with Crippen molar-refractivity contribution in [3.05, 3.63) is 65.2 Å². The van der Waals surface area contributed by atoms with E-state index in [2.05, 4.69) is 21.9 Å². The Balaban J connectivity index is 1.42. The Kier molecular flexibility index (Phi) is 19.5. The third-order valence-electron chi connectivity index (χ3n) is 10.3. The largest absolute Gasteiger partial charge is 0.389 e. The molecule has 3 amide bonds. The average Bonchev–Trinajstić information content (AvgIpc) is 3.19. The van der Waals surface area contributed by atoms with Crippen LogP contribution in [0.5, 0.6) is 0 Å². The number of hydrogen-bond donors (Lipinski definition) is 5. The molecule has 3 rings (SSSR count). The van der Waals surface area contributed by atoms with Gasteiger partial charge in [0.25, 0.3) is 0 Å². The summed E-state index contributed by atoms with van der Waals surface area (Å²) in [5.41, 5.74) is 1.61. The average molecular weight is 792 g/mol. The van der Waals surface area contributed by atoms with Crippen LogP contribution in [0.3, 0.4) is 0 Å². The van der Waals surface area contributed by atoms with E-state index in [1.54, 1.807) is 31.2 Å². The summed E-state index contributed by atoms with van der Waals surface area (Å²) in [6.07, 6.45) is 11.7. The Morgan fingerprint density at radius 1 is 0.842 bits per heavy atom. The lowest BCUT2D eigenvalue weighted by molar-refractivity contribution is -0.886. The van der Waals surface area contributed by atoms with Crippen LogP contribution in [0.2, 0.25) is 0 Å². The van der Waals surface area contributed by atoms with Crippen molar-refractivity contribution in [1.29, 1.82) is 0 Å². The lowest BCUT2D eigenvalue weighted by Crippen LogP contribution is -2.59. The number of benzene rings is 2. The molecule has 2 aromatic carbocycles. The molecular formula is C44H63N4O9+. The van der Waals surface area contributed by atoms with E-state index in [0.717, 1.165) is 48.9 Å². The molecule has 13 heteroatoms. The second kappa shape index (κ2) is 23.7.